The zero-order valence-corrected chi connectivity index (χ0v) is 6.31. The van der Waals surface area contributed by atoms with Crippen LogP contribution in [0.1, 0.15) is 13.3 Å². The van der Waals surface area contributed by atoms with E-state index in [1.807, 2.05) is 6.92 Å². The Balaban J connectivity index is 3.62. The smallest absolute Gasteiger partial charge is 0.246 e. The Morgan fingerprint density at radius 1 is 1.70 bits per heavy atom. The highest BCUT2D eigenvalue weighted by Crippen LogP contribution is 1.94. The molecule has 0 atom stereocenters. The van der Waals surface area contributed by atoms with Crippen LogP contribution in [0.3, 0.4) is 0 Å². The molecule has 0 radical (unpaired) electrons. The van der Waals surface area contributed by atoms with Gasteiger partial charge in [-0.3, -0.25) is 4.79 Å². The number of hydrogen-bond acceptors (Lipinski definition) is 1. The van der Waals surface area contributed by atoms with E-state index in [1.54, 1.807) is 6.08 Å². The molecule has 0 heterocycles. The van der Waals surface area contributed by atoms with Crippen LogP contribution in [0.25, 0.3) is 0 Å². The molecule has 0 aliphatic rings. The van der Waals surface area contributed by atoms with Gasteiger partial charge in [0.15, 0.2) is 0 Å². The molecule has 0 bridgehead atoms. The Morgan fingerprint density at radius 2 is 2.30 bits per heavy atom. The summed E-state index contributed by atoms with van der Waals surface area (Å²) in [5.74, 6) is -0.0811. The molecule has 0 saturated carbocycles. The largest absolute Gasteiger partial charge is 0.349 e. The summed E-state index contributed by atoms with van der Waals surface area (Å²) >= 11 is 0. The summed E-state index contributed by atoms with van der Waals surface area (Å²) in [7, 11) is 0. The summed E-state index contributed by atoms with van der Waals surface area (Å²) in [5, 5.41) is 2.63. The molecule has 0 unspecified atom stereocenters. The minimum atomic E-state index is -0.0811. The number of amides is 1. The molecule has 0 rings (SSSR count). The second-order valence-electron chi connectivity index (χ2n) is 1.96. The highest BCUT2D eigenvalue weighted by Gasteiger charge is 2.00. The molecule has 10 heavy (non-hydrogen) atoms. The van der Waals surface area contributed by atoms with Gasteiger partial charge in [0.1, 0.15) is 0 Å². The summed E-state index contributed by atoms with van der Waals surface area (Å²) in [6.07, 6.45) is 2.34. The molecular formula is C8H13NO. The van der Waals surface area contributed by atoms with Gasteiger partial charge in [0.25, 0.3) is 0 Å². The predicted molar refractivity (Wildman–Crippen MR) is 42.6 cm³/mol. The van der Waals surface area contributed by atoms with Crippen LogP contribution in [-0.2, 0) is 4.79 Å². The molecular weight excluding hydrogens is 126 g/mol. The van der Waals surface area contributed by atoms with Gasteiger partial charge in [-0.2, -0.15) is 0 Å². The second kappa shape index (κ2) is 4.79. The zero-order valence-electron chi connectivity index (χ0n) is 6.31. The zero-order chi connectivity index (χ0) is 7.98. The summed E-state index contributed by atoms with van der Waals surface area (Å²) in [6, 6.07) is 0. The van der Waals surface area contributed by atoms with Crippen LogP contribution in [0.15, 0.2) is 24.8 Å². The fraction of sp³-hybridized carbons (Fsp3) is 0.375. The van der Waals surface area contributed by atoms with Crippen molar-refractivity contribution in [2.75, 3.05) is 6.54 Å². The average Bonchev–Trinajstić information content (AvgIpc) is 1.98. The third-order valence-electron chi connectivity index (χ3n) is 1.15. The van der Waals surface area contributed by atoms with Crippen LogP contribution in [0.5, 0.6) is 0 Å². The monoisotopic (exact) mass is 139 g/mol. The van der Waals surface area contributed by atoms with Gasteiger partial charge >= 0.3 is 0 Å². The highest BCUT2D eigenvalue weighted by molar-refractivity contribution is 5.92. The number of rotatable bonds is 4. The van der Waals surface area contributed by atoms with Crippen LogP contribution in [-0.4, -0.2) is 12.5 Å². The van der Waals surface area contributed by atoms with Gasteiger partial charge < -0.3 is 5.32 Å². The molecule has 1 amide bonds. The van der Waals surface area contributed by atoms with E-state index in [0.29, 0.717) is 18.5 Å². The van der Waals surface area contributed by atoms with E-state index in [2.05, 4.69) is 18.5 Å². The number of carbonyl (C=O) groups is 1. The van der Waals surface area contributed by atoms with E-state index in [0.717, 1.165) is 0 Å². The van der Waals surface area contributed by atoms with Crippen molar-refractivity contribution in [2.45, 2.75) is 13.3 Å². The van der Waals surface area contributed by atoms with Crippen molar-refractivity contribution in [3.8, 4) is 0 Å². The Labute approximate surface area is 61.6 Å². The van der Waals surface area contributed by atoms with Crippen molar-refractivity contribution in [3.63, 3.8) is 0 Å². The van der Waals surface area contributed by atoms with Crippen molar-refractivity contribution < 1.29 is 4.79 Å². The SMILES string of the molecule is C=CCNC(=O)C(=C)CC. The van der Waals surface area contributed by atoms with Crippen LogP contribution >= 0.6 is 0 Å². The number of hydrogen-bond donors (Lipinski definition) is 1. The maximum atomic E-state index is 10.9. The lowest BCUT2D eigenvalue weighted by molar-refractivity contribution is -0.117. The molecule has 0 spiro atoms. The topological polar surface area (TPSA) is 29.1 Å². The van der Waals surface area contributed by atoms with Crippen LogP contribution < -0.4 is 5.32 Å². The summed E-state index contributed by atoms with van der Waals surface area (Å²) in [6.45, 7) is 9.46. The van der Waals surface area contributed by atoms with Crippen molar-refractivity contribution in [1.82, 2.24) is 5.32 Å². The van der Waals surface area contributed by atoms with Crippen molar-refractivity contribution in [2.24, 2.45) is 0 Å². The first-order valence-electron chi connectivity index (χ1n) is 3.29. The Bertz CT molecular complexity index is 149. The Morgan fingerprint density at radius 3 is 2.70 bits per heavy atom. The quantitative estimate of drug-likeness (QED) is 0.461. The van der Waals surface area contributed by atoms with E-state index < -0.39 is 0 Å². The van der Waals surface area contributed by atoms with Gasteiger partial charge in [0.05, 0.1) is 0 Å². The molecule has 2 nitrogen and oxygen atoms in total. The summed E-state index contributed by atoms with van der Waals surface area (Å²) in [4.78, 5) is 10.9. The first-order chi connectivity index (χ1) is 4.72. The van der Waals surface area contributed by atoms with E-state index in [-0.39, 0.29) is 5.91 Å². The van der Waals surface area contributed by atoms with Gasteiger partial charge in [-0.15, -0.1) is 6.58 Å². The molecule has 0 aromatic carbocycles. The average molecular weight is 139 g/mol. The van der Waals surface area contributed by atoms with Gasteiger partial charge in [0, 0.05) is 12.1 Å². The molecule has 0 aromatic heterocycles. The lowest BCUT2D eigenvalue weighted by Crippen LogP contribution is -2.24. The first-order valence-corrected chi connectivity index (χ1v) is 3.29. The fourth-order valence-electron chi connectivity index (χ4n) is 0.450. The molecule has 0 saturated heterocycles. The van der Waals surface area contributed by atoms with E-state index in [1.165, 1.54) is 0 Å². The third kappa shape index (κ3) is 3.07. The molecule has 56 valence electrons. The second-order valence-corrected chi connectivity index (χ2v) is 1.96. The Hall–Kier alpha value is -1.05. The maximum absolute atomic E-state index is 10.9. The molecule has 0 aliphatic heterocycles. The third-order valence-corrected chi connectivity index (χ3v) is 1.15. The highest BCUT2D eigenvalue weighted by atomic mass is 16.1. The van der Waals surface area contributed by atoms with E-state index >= 15 is 0 Å². The van der Waals surface area contributed by atoms with Gasteiger partial charge in [0.2, 0.25) is 5.91 Å². The molecule has 0 aliphatic carbocycles. The van der Waals surface area contributed by atoms with Crippen LogP contribution in [0, 0.1) is 0 Å². The Kier molecular flexibility index (Phi) is 4.29. The minimum absolute atomic E-state index is 0.0811. The van der Waals surface area contributed by atoms with Crippen molar-refractivity contribution in [3.05, 3.63) is 24.8 Å². The van der Waals surface area contributed by atoms with E-state index in [9.17, 15) is 4.79 Å². The maximum Gasteiger partial charge on any atom is 0.246 e. The normalized spacial score (nSPS) is 8.50. The van der Waals surface area contributed by atoms with Crippen LogP contribution in [0.4, 0.5) is 0 Å². The van der Waals surface area contributed by atoms with Gasteiger partial charge in [-0.1, -0.05) is 19.6 Å². The van der Waals surface area contributed by atoms with Crippen molar-refractivity contribution >= 4 is 5.91 Å². The predicted octanol–water partition coefficient (Wildman–Crippen LogP) is 1.25. The molecule has 0 fully saturated rings. The lowest BCUT2D eigenvalue weighted by atomic mass is 10.2. The van der Waals surface area contributed by atoms with Gasteiger partial charge in [-0.05, 0) is 6.42 Å². The first kappa shape index (κ1) is 8.95. The number of nitrogens with one attached hydrogen (secondary N) is 1. The van der Waals surface area contributed by atoms with Crippen LogP contribution in [0.2, 0.25) is 0 Å². The summed E-state index contributed by atoms with van der Waals surface area (Å²) in [5.41, 5.74) is 0.613. The number of carbonyl (C=O) groups excluding carboxylic acids is 1. The molecule has 1 N–H and O–H groups in total. The van der Waals surface area contributed by atoms with Crippen molar-refractivity contribution in [1.29, 1.82) is 0 Å². The van der Waals surface area contributed by atoms with Gasteiger partial charge in [-0.25, -0.2) is 0 Å². The summed E-state index contributed by atoms with van der Waals surface area (Å²) < 4.78 is 0. The minimum Gasteiger partial charge on any atom is -0.349 e. The molecule has 0 aromatic rings. The van der Waals surface area contributed by atoms with E-state index in [4.69, 9.17) is 0 Å². The fourth-order valence-corrected chi connectivity index (χ4v) is 0.450. The standard InChI is InChI=1S/C8H13NO/c1-4-6-9-8(10)7(3)5-2/h4H,1,3,5-6H2,2H3,(H,9,10). The molecule has 2 heteroatoms. The lowest BCUT2D eigenvalue weighted by Gasteiger charge is -2.01.